The van der Waals surface area contributed by atoms with Gasteiger partial charge in [-0.05, 0) is 5.57 Å². The van der Waals surface area contributed by atoms with Gasteiger partial charge in [0.15, 0.2) is 0 Å². The van der Waals surface area contributed by atoms with Crippen molar-refractivity contribution in [1.82, 2.24) is 0 Å². The monoisotopic (exact) mass is 138 g/mol. The second-order valence-corrected chi connectivity index (χ2v) is 3.99. The number of hydrogen-bond donors (Lipinski definition) is 0. The Morgan fingerprint density at radius 1 is 1.50 bits per heavy atom. The first-order valence-corrected chi connectivity index (χ1v) is 4.24. The van der Waals surface area contributed by atoms with Gasteiger partial charge in [0.05, 0.1) is 20.1 Å². The zero-order valence-electron chi connectivity index (χ0n) is 6.77. The molecule has 1 heteroatoms. The molecule has 0 bridgehead atoms. The van der Waals surface area contributed by atoms with Gasteiger partial charge in [-0.2, -0.15) is 0 Å². The smallest absolute Gasteiger partial charge is 0.111 e. The van der Waals surface area contributed by atoms with E-state index in [1.165, 1.54) is 42.4 Å². The molecule has 0 aromatic rings. The maximum absolute atomic E-state index is 4.13. The largest absolute Gasteiger partial charge is 0.320 e. The molecule has 56 valence electrons. The normalized spacial score (nSPS) is 46.1. The molecule has 2 saturated heterocycles. The van der Waals surface area contributed by atoms with E-state index in [0.29, 0.717) is 0 Å². The third-order valence-electron chi connectivity index (χ3n) is 3.31. The van der Waals surface area contributed by atoms with E-state index in [2.05, 4.69) is 13.6 Å². The van der Waals surface area contributed by atoms with E-state index in [4.69, 9.17) is 0 Å². The van der Waals surface area contributed by atoms with Gasteiger partial charge in [-0.3, -0.25) is 0 Å². The molecule has 2 fully saturated rings. The lowest BCUT2D eigenvalue weighted by Crippen LogP contribution is -2.43. The Hall–Kier alpha value is -0.300. The Kier molecular flexibility index (Phi) is 1.19. The molecule has 2 heterocycles. The summed E-state index contributed by atoms with van der Waals surface area (Å²) >= 11 is 0. The van der Waals surface area contributed by atoms with Gasteiger partial charge in [-0.15, -0.1) is 0 Å². The zero-order valence-corrected chi connectivity index (χ0v) is 6.77. The average molecular weight is 138 g/mol. The first-order chi connectivity index (χ1) is 4.72. The van der Waals surface area contributed by atoms with Crippen molar-refractivity contribution in [1.29, 1.82) is 0 Å². The van der Waals surface area contributed by atoms with Crippen LogP contribution in [0.4, 0.5) is 0 Å². The summed E-state index contributed by atoms with van der Waals surface area (Å²) in [5.74, 6) is 0. The van der Waals surface area contributed by atoms with E-state index in [1.807, 2.05) is 0 Å². The molecule has 0 amide bonds. The van der Waals surface area contributed by atoms with Gasteiger partial charge in [0.1, 0.15) is 6.04 Å². The van der Waals surface area contributed by atoms with Crippen molar-refractivity contribution in [3.63, 3.8) is 0 Å². The summed E-state index contributed by atoms with van der Waals surface area (Å²) in [6.07, 6.45) is 4.09. The van der Waals surface area contributed by atoms with Gasteiger partial charge >= 0.3 is 0 Å². The van der Waals surface area contributed by atoms with Crippen molar-refractivity contribution in [2.75, 3.05) is 20.1 Å². The van der Waals surface area contributed by atoms with Crippen molar-refractivity contribution in [3.05, 3.63) is 12.2 Å². The van der Waals surface area contributed by atoms with Crippen LogP contribution >= 0.6 is 0 Å². The minimum Gasteiger partial charge on any atom is -0.320 e. The Labute approximate surface area is 62.9 Å². The summed E-state index contributed by atoms with van der Waals surface area (Å²) in [6, 6.07) is 0.833. The zero-order chi connectivity index (χ0) is 7.19. The SMILES string of the molecule is C=C1CC[N+]2(C)CCC[C@H]12. The molecule has 0 aromatic heterocycles. The number of likely N-dealkylation sites (N-methyl/N-ethyl adjacent to an activating group) is 1. The van der Waals surface area contributed by atoms with Gasteiger partial charge in [0, 0.05) is 19.3 Å². The van der Waals surface area contributed by atoms with Crippen LogP contribution in [0.1, 0.15) is 19.3 Å². The fourth-order valence-corrected chi connectivity index (χ4v) is 2.59. The van der Waals surface area contributed by atoms with Gasteiger partial charge < -0.3 is 4.48 Å². The highest BCUT2D eigenvalue weighted by Gasteiger charge is 2.44. The van der Waals surface area contributed by atoms with Crippen LogP contribution < -0.4 is 0 Å². The molecule has 1 nitrogen and oxygen atoms in total. The quantitative estimate of drug-likeness (QED) is 0.352. The maximum Gasteiger partial charge on any atom is 0.111 e. The average Bonchev–Trinajstić information content (AvgIpc) is 2.35. The molecule has 2 aliphatic rings. The number of rotatable bonds is 0. The Balaban J connectivity index is 2.27. The van der Waals surface area contributed by atoms with Crippen molar-refractivity contribution < 1.29 is 4.48 Å². The topological polar surface area (TPSA) is 0 Å². The molecule has 0 N–H and O–H groups in total. The maximum atomic E-state index is 4.13. The molecule has 2 atom stereocenters. The van der Waals surface area contributed by atoms with E-state index >= 15 is 0 Å². The minimum atomic E-state index is 0.833. The first-order valence-electron chi connectivity index (χ1n) is 4.24. The predicted octanol–water partition coefficient (Wildman–Crippen LogP) is 1.56. The number of quaternary nitrogens is 1. The van der Waals surface area contributed by atoms with E-state index in [9.17, 15) is 0 Å². The standard InChI is InChI=1S/C9H16N/c1-8-5-7-10(2)6-3-4-9(8)10/h9H,1,3-7H2,2H3/q+1/t9-,10?/m1/s1. The van der Waals surface area contributed by atoms with E-state index in [1.54, 1.807) is 0 Å². The molecule has 0 spiro atoms. The second kappa shape index (κ2) is 1.85. The van der Waals surface area contributed by atoms with Crippen LogP contribution in [0.3, 0.4) is 0 Å². The van der Waals surface area contributed by atoms with E-state index < -0.39 is 0 Å². The molecule has 1 unspecified atom stereocenters. The summed E-state index contributed by atoms with van der Waals surface area (Å²) in [5.41, 5.74) is 1.51. The molecule has 10 heavy (non-hydrogen) atoms. The van der Waals surface area contributed by atoms with Crippen LogP contribution in [0.5, 0.6) is 0 Å². The number of fused-ring (bicyclic) bond motifs is 1. The van der Waals surface area contributed by atoms with Crippen LogP contribution in [0.2, 0.25) is 0 Å². The third kappa shape index (κ3) is 0.671. The number of nitrogens with zero attached hydrogens (tertiary/aromatic N) is 1. The lowest BCUT2D eigenvalue weighted by atomic mass is 10.1. The Morgan fingerprint density at radius 3 is 3.00 bits per heavy atom. The Bertz CT molecular complexity index is 174. The minimum absolute atomic E-state index is 0.833. The highest BCUT2D eigenvalue weighted by molar-refractivity contribution is 5.08. The summed E-state index contributed by atoms with van der Waals surface area (Å²) in [4.78, 5) is 0. The molecular weight excluding hydrogens is 122 g/mol. The van der Waals surface area contributed by atoms with Crippen LogP contribution in [0.15, 0.2) is 12.2 Å². The van der Waals surface area contributed by atoms with Gasteiger partial charge in [-0.25, -0.2) is 0 Å². The molecule has 0 saturated carbocycles. The van der Waals surface area contributed by atoms with E-state index in [0.717, 1.165) is 6.04 Å². The molecule has 0 radical (unpaired) electrons. The molecule has 2 rings (SSSR count). The van der Waals surface area contributed by atoms with Gasteiger partial charge in [0.2, 0.25) is 0 Å². The highest BCUT2D eigenvalue weighted by Crippen LogP contribution is 2.36. The highest BCUT2D eigenvalue weighted by atomic mass is 15.4. The first kappa shape index (κ1) is 6.41. The van der Waals surface area contributed by atoms with Gasteiger partial charge in [-0.1, -0.05) is 6.58 Å². The molecule has 0 aliphatic carbocycles. The van der Waals surface area contributed by atoms with Crippen molar-refractivity contribution in [3.8, 4) is 0 Å². The molecule has 0 aromatic carbocycles. The summed E-state index contributed by atoms with van der Waals surface area (Å²) in [5, 5.41) is 0. The predicted molar refractivity (Wildman–Crippen MR) is 42.7 cm³/mol. The summed E-state index contributed by atoms with van der Waals surface area (Å²) in [7, 11) is 2.38. The fourth-order valence-electron chi connectivity index (χ4n) is 2.59. The van der Waals surface area contributed by atoms with E-state index in [-0.39, 0.29) is 0 Å². The lowest BCUT2D eigenvalue weighted by Gasteiger charge is -2.29. The fraction of sp³-hybridized carbons (Fsp3) is 0.778. The van der Waals surface area contributed by atoms with Crippen LogP contribution in [0.25, 0.3) is 0 Å². The van der Waals surface area contributed by atoms with Crippen molar-refractivity contribution in [2.24, 2.45) is 0 Å². The van der Waals surface area contributed by atoms with Crippen molar-refractivity contribution >= 4 is 0 Å². The van der Waals surface area contributed by atoms with Crippen LogP contribution in [0, 0.1) is 0 Å². The van der Waals surface area contributed by atoms with Gasteiger partial charge in [0.25, 0.3) is 0 Å². The van der Waals surface area contributed by atoms with Crippen LogP contribution in [-0.4, -0.2) is 30.7 Å². The van der Waals surface area contributed by atoms with Crippen molar-refractivity contribution in [2.45, 2.75) is 25.3 Å². The number of hydrogen-bond acceptors (Lipinski definition) is 0. The summed E-state index contributed by atoms with van der Waals surface area (Å²) < 4.78 is 1.30. The second-order valence-electron chi connectivity index (χ2n) is 3.99. The third-order valence-corrected chi connectivity index (χ3v) is 3.31. The Morgan fingerprint density at radius 2 is 2.30 bits per heavy atom. The molecule has 2 aliphatic heterocycles. The summed E-state index contributed by atoms with van der Waals surface area (Å²) in [6.45, 7) is 6.87. The van der Waals surface area contributed by atoms with Crippen LogP contribution in [-0.2, 0) is 0 Å². The molecular formula is C9H16N+. The lowest BCUT2D eigenvalue weighted by molar-refractivity contribution is -0.905.